The minimum absolute atomic E-state index is 0.482. The van der Waals surface area contributed by atoms with Crippen molar-refractivity contribution in [1.82, 2.24) is 0 Å². The highest BCUT2D eigenvalue weighted by Gasteiger charge is 2.31. The second kappa shape index (κ2) is 26.5. The van der Waals surface area contributed by atoms with Gasteiger partial charge < -0.3 is 19.8 Å². The second-order valence-electron chi connectivity index (χ2n) is 13.3. The maximum atomic E-state index is 11.5. The van der Waals surface area contributed by atoms with Crippen LogP contribution < -0.4 is 0 Å². The van der Waals surface area contributed by atoms with Crippen LogP contribution in [0.3, 0.4) is 0 Å². The van der Waals surface area contributed by atoms with Crippen LogP contribution in [0.5, 0.6) is 0 Å². The molecule has 0 saturated carbocycles. The number of hydrogen-bond acceptors (Lipinski definition) is 3. The van der Waals surface area contributed by atoms with E-state index >= 15 is 0 Å². The molecule has 0 fully saturated rings. The molecule has 7 nitrogen and oxygen atoms in total. The van der Waals surface area contributed by atoms with Crippen molar-refractivity contribution in [3.63, 3.8) is 0 Å². The third-order valence-corrected chi connectivity index (χ3v) is 9.27. The highest BCUT2D eigenvalue weighted by Crippen LogP contribution is 2.22. The van der Waals surface area contributed by atoms with Crippen molar-refractivity contribution in [1.29, 1.82) is 0 Å². The molecule has 7 heteroatoms. The van der Waals surface area contributed by atoms with E-state index in [9.17, 15) is 29.7 Å². The fourth-order valence-electron chi connectivity index (χ4n) is 5.67. The molecule has 3 atom stereocenters. The van der Waals surface area contributed by atoms with E-state index in [1.54, 1.807) is 20.8 Å². The summed E-state index contributed by atoms with van der Waals surface area (Å²) in [5.74, 6) is -3.92. The number of quaternary nitrogens is 1. The predicted octanol–water partition coefficient (Wildman–Crippen LogP) is 9.34. The Labute approximate surface area is 264 Å². The van der Waals surface area contributed by atoms with Gasteiger partial charge in [0.2, 0.25) is 0 Å². The zero-order chi connectivity index (χ0) is 32.3. The molecule has 43 heavy (non-hydrogen) atoms. The molecule has 0 aliphatic heterocycles. The number of hydrogen-bond donors (Lipinski definition) is 3. The largest absolute Gasteiger partial charge is 0.481 e. The fourth-order valence-corrected chi connectivity index (χ4v) is 5.67. The van der Waals surface area contributed by atoms with Gasteiger partial charge in [0, 0.05) is 19.3 Å². The average molecular weight is 611 g/mol. The highest BCUT2D eigenvalue weighted by molar-refractivity contribution is 5.70. The van der Waals surface area contributed by atoms with Gasteiger partial charge in [-0.2, -0.15) is 0 Å². The van der Waals surface area contributed by atoms with Crippen LogP contribution in [0.15, 0.2) is 12.2 Å². The fraction of sp³-hybridized carbons (Fsp3) is 0.861. The van der Waals surface area contributed by atoms with Crippen LogP contribution in [0.25, 0.3) is 0 Å². The van der Waals surface area contributed by atoms with Crippen molar-refractivity contribution in [2.45, 2.75) is 156 Å². The van der Waals surface area contributed by atoms with Gasteiger partial charge in [0.15, 0.2) is 0 Å². The van der Waals surface area contributed by atoms with Crippen molar-refractivity contribution >= 4 is 17.9 Å². The summed E-state index contributed by atoms with van der Waals surface area (Å²) in [4.78, 5) is 34.5. The Morgan fingerprint density at radius 2 is 0.791 bits per heavy atom. The lowest BCUT2D eigenvalue weighted by atomic mass is 10.0. The molecule has 0 aliphatic rings. The SMILES string of the molecule is CCCCCCCCCCCC/C=C\CCCCCCC[N+](CCC(C)C(=O)O)(CCC(C)C(=O)O)CCC(C)C(=O)O. The van der Waals surface area contributed by atoms with Crippen molar-refractivity contribution in [3.8, 4) is 0 Å². The first-order valence-electron chi connectivity index (χ1n) is 17.7. The van der Waals surface area contributed by atoms with Crippen LogP contribution in [0.2, 0.25) is 0 Å². The Morgan fingerprint density at radius 1 is 0.488 bits per heavy atom. The van der Waals surface area contributed by atoms with E-state index in [-0.39, 0.29) is 0 Å². The summed E-state index contributed by atoms with van der Waals surface area (Å²) >= 11 is 0. The van der Waals surface area contributed by atoms with Gasteiger partial charge in [-0.3, -0.25) is 14.4 Å². The smallest absolute Gasteiger partial charge is 0.306 e. The number of carbonyl (C=O) groups is 3. The molecule has 0 amide bonds. The Morgan fingerprint density at radius 3 is 1.12 bits per heavy atom. The summed E-state index contributed by atoms with van der Waals surface area (Å²) in [7, 11) is 0. The molecule has 3 N–H and O–H groups in total. The van der Waals surface area contributed by atoms with Gasteiger partial charge in [0.05, 0.1) is 43.9 Å². The molecule has 0 aromatic heterocycles. The summed E-state index contributed by atoms with van der Waals surface area (Å²) in [5.41, 5.74) is 0. The average Bonchev–Trinajstić information content (AvgIpc) is 2.97. The first-order chi connectivity index (χ1) is 20.5. The minimum Gasteiger partial charge on any atom is -0.481 e. The van der Waals surface area contributed by atoms with Gasteiger partial charge in [-0.15, -0.1) is 0 Å². The molecule has 3 unspecified atom stereocenters. The lowest BCUT2D eigenvalue weighted by Gasteiger charge is -2.40. The Kier molecular flexibility index (Phi) is 25.3. The molecule has 0 spiro atoms. The van der Waals surface area contributed by atoms with Gasteiger partial charge >= 0.3 is 17.9 Å². The summed E-state index contributed by atoms with van der Waals surface area (Å²) in [6.07, 6.45) is 27.9. The van der Waals surface area contributed by atoms with Gasteiger partial charge in [-0.25, -0.2) is 0 Å². The first kappa shape index (κ1) is 41.1. The van der Waals surface area contributed by atoms with Gasteiger partial charge in [-0.1, -0.05) is 110 Å². The second-order valence-corrected chi connectivity index (χ2v) is 13.3. The van der Waals surface area contributed by atoms with Gasteiger partial charge in [0.25, 0.3) is 0 Å². The molecular formula is C36H68NO6+. The monoisotopic (exact) mass is 611 g/mol. The van der Waals surface area contributed by atoms with Crippen molar-refractivity contribution in [2.75, 3.05) is 26.2 Å². The first-order valence-corrected chi connectivity index (χ1v) is 17.7. The number of carboxylic acids is 3. The van der Waals surface area contributed by atoms with Crippen LogP contribution in [0, 0.1) is 17.8 Å². The quantitative estimate of drug-likeness (QED) is 0.0410. The Balaban J connectivity index is 4.49. The van der Waals surface area contributed by atoms with E-state index in [1.165, 1.54) is 83.5 Å². The molecular weight excluding hydrogens is 542 g/mol. The lowest BCUT2D eigenvalue weighted by Crippen LogP contribution is -2.52. The van der Waals surface area contributed by atoms with Crippen molar-refractivity contribution in [3.05, 3.63) is 12.2 Å². The minimum atomic E-state index is -0.826. The Hall–Kier alpha value is -1.89. The van der Waals surface area contributed by atoms with E-state index < -0.39 is 35.7 Å². The van der Waals surface area contributed by atoms with Crippen molar-refractivity contribution in [2.24, 2.45) is 17.8 Å². The molecule has 0 aromatic rings. The number of aliphatic carboxylic acids is 3. The standard InChI is InChI=1S/C36H67NO6/c1-5-6-7-8-9-10-11-12-13-14-15-16-17-18-19-20-21-22-23-27-37(28-24-31(2)34(38)39,29-25-32(3)35(40)41)30-26-33(4)36(42)43/h16-17,31-33H,5-15,18-30H2,1-4H3,(H2-,38,39,40,41,42,43)/p+1/b17-16-. The molecule has 0 radical (unpaired) electrons. The molecule has 0 heterocycles. The number of unbranched alkanes of at least 4 members (excludes halogenated alkanes) is 15. The topological polar surface area (TPSA) is 112 Å². The van der Waals surface area contributed by atoms with E-state index in [2.05, 4.69) is 19.1 Å². The van der Waals surface area contributed by atoms with Crippen molar-refractivity contribution < 1.29 is 34.2 Å². The van der Waals surface area contributed by atoms with Crippen LogP contribution in [-0.4, -0.2) is 63.9 Å². The molecule has 0 aliphatic carbocycles. The number of nitrogens with zero attached hydrogens (tertiary/aromatic N) is 1. The zero-order valence-corrected chi connectivity index (χ0v) is 28.4. The maximum absolute atomic E-state index is 11.5. The summed E-state index contributed by atoms with van der Waals surface area (Å²) < 4.78 is 0.606. The van der Waals surface area contributed by atoms with Crippen LogP contribution >= 0.6 is 0 Å². The molecule has 0 rings (SSSR count). The van der Waals surface area contributed by atoms with E-state index in [0.717, 1.165) is 32.2 Å². The predicted molar refractivity (Wildman–Crippen MR) is 177 cm³/mol. The molecule has 252 valence electrons. The van der Waals surface area contributed by atoms with E-state index in [1.807, 2.05) is 0 Å². The van der Waals surface area contributed by atoms with E-state index in [4.69, 9.17) is 0 Å². The van der Waals surface area contributed by atoms with Crippen LogP contribution in [0.4, 0.5) is 0 Å². The van der Waals surface area contributed by atoms with Crippen LogP contribution in [-0.2, 0) is 14.4 Å². The van der Waals surface area contributed by atoms with Gasteiger partial charge in [-0.05, 0) is 38.5 Å². The number of allylic oxidation sites excluding steroid dienone is 2. The molecule has 0 saturated heterocycles. The summed E-state index contributed by atoms with van der Waals surface area (Å²) in [5, 5.41) is 28.3. The molecule has 0 aromatic carbocycles. The van der Waals surface area contributed by atoms with E-state index in [0.29, 0.717) is 43.4 Å². The summed E-state index contributed by atoms with van der Waals surface area (Å²) in [6, 6.07) is 0. The molecule has 0 bridgehead atoms. The Bertz CT molecular complexity index is 692. The zero-order valence-electron chi connectivity index (χ0n) is 28.4. The summed E-state index contributed by atoms with van der Waals surface area (Å²) in [6.45, 7) is 10.1. The van der Waals surface area contributed by atoms with Gasteiger partial charge in [0.1, 0.15) is 0 Å². The normalized spacial score (nSPS) is 15.3. The lowest BCUT2D eigenvalue weighted by molar-refractivity contribution is -0.929. The van der Waals surface area contributed by atoms with Crippen LogP contribution in [0.1, 0.15) is 156 Å². The maximum Gasteiger partial charge on any atom is 0.306 e. The third-order valence-electron chi connectivity index (χ3n) is 9.27. The highest BCUT2D eigenvalue weighted by atomic mass is 16.4. The number of carboxylic acid groups (broad SMARTS) is 3. The third kappa shape index (κ3) is 23.2. The number of rotatable bonds is 31.